The molecule has 0 radical (unpaired) electrons. The van der Waals surface area contributed by atoms with Gasteiger partial charge in [0.25, 0.3) is 5.91 Å². The van der Waals surface area contributed by atoms with Crippen LogP contribution in [-0.4, -0.2) is 28.9 Å². The highest BCUT2D eigenvalue weighted by Crippen LogP contribution is 2.34. The van der Waals surface area contributed by atoms with Gasteiger partial charge in [0.2, 0.25) is 0 Å². The highest BCUT2D eigenvalue weighted by molar-refractivity contribution is 8.26. The Morgan fingerprint density at radius 3 is 2.72 bits per heavy atom. The molecule has 0 spiro atoms. The second-order valence-corrected chi connectivity index (χ2v) is 7.25. The number of anilines is 1. The van der Waals surface area contributed by atoms with Crippen LogP contribution >= 0.6 is 35.6 Å². The zero-order valence-corrected chi connectivity index (χ0v) is 15.8. The van der Waals surface area contributed by atoms with E-state index in [1.807, 2.05) is 42.5 Å². The molecule has 0 bridgehead atoms. The summed E-state index contributed by atoms with van der Waals surface area (Å²) in [6.45, 7) is 0.262. The van der Waals surface area contributed by atoms with E-state index in [9.17, 15) is 4.79 Å². The van der Waals surface area contributed by atoms with E-state index in [4.69, 9.17) is 28.6 Å². The van der Waals surface area contributed by atoms with Gasteiger partial charge in [-0.1, -0.05) is 65.9 Å². The number of thiocarbonyl (C=S) groups is 1. The number of amides is 1. The van der Waals surface area contributed by atoms with E-state index in [1.165, 1.54) is 16.7 Å². The number of hydrogen-bond acceptors (Lipinski definition) is 5. The summed E-state index contributed by atoms with van der Waals surface area (Å²) in [4.78, 5) is 14.7. The lowest BCUT2D eigenvalue weighted by atomic mass is 10.2. The second-order valence-electron chi connectivity index (χ2n) is 5.17. The molecule has 1 aliphatic heterocycles. The van der Waals surface area contributed by atoms with E-state index in [0.29, 0.717) is 20.0 Å². The van der Waals surface area contributed by atoms with Gasteiger partial charge in [-0.05, 0) is 24.3 Å². The molecule has 128 valence electrons. The SMILES string of the molecule is COc1ccccc1/C=C1/SC(=S)N(CNc2ccccc2Cl)C1=O. The predicted molar refractivity (Wildman–Crippen MR) is 108 cm³/mol. The first-order valence-electron chi connectivity index (χ1n) is 7.47. The minimum absolute atomic E-state index is 0.138. The van der Waals surface area contributed by atoms with Crippen molar-refractivity contribution in [1.82, 2.24) is 4.90 Å². The minimum Gasteiger partial charge on any atom is -0.496 e. The molecular formula is C18H15ClN2O2S2. The molecule has 25 heavy (non-hydrogen) atoms. The molecule has 2 aromatic carbocycles. The fourth-order valence-electron chi connectivity index (χ4n) is 2.33. The molecule has 0 saturated carbocycles. The minimum atomic E-state index is -0.138. The van der Waals surface area contributed by atoms with Crippen molar-refractivity contribution >= 4 is 57.6 Å². The number of hydrogen-bond donors (Lipinski definition) is 1. The Balaban J connectivity index is 1.76. The molecule has 0 atom stereocenters. The lowest BCUT2D eigenvalue weighted by molar-refractivity contribution is -0.121. The number of nitrogens with zero attached hydrogens (tertiary/aromatic N) is 1. The summed E-state index contributed by atoms with van der Waals surface area (Å²) in [7, 11) is 1.60. The summed E-state index contributed by atoms with van der Waals surface area (Å²) in [6, 6.07) is 14.9. The van der Waals surface area contributed by atoms with Gasteiger partial charge in [0, 0.05) is 5.56 Å². The van der Waals surface area contributed by atoms with Crippen LogP contribution in [0.2, 0.25) is 5.02 Å². The first-order valence-corrected chi connectivity index (χ1v) is 9.07. The summed E-state index contributed by atoms with van der Waals surface area (Å²) < 4.78 is 5.83. The van der Waals surface area contributed by atoms with Gasteiger partial charge >= 0.3 is 0 Å². The molecule has 0 unspecified atom stereocenters. The van der Waals surface area contributed by atoms with Crippen molar-refractivity contribution in [3.63, 3.8) is 0 Å². The number of carbonyl (C=O) groups is 1. The standard InChI is InChI=1S/C18H15ClN2O2S2/c1-23-15-9-5-2-6-12(15)10-16-17(22)21(18(24)25-16)11-20-14-8-4-3-7-13(14)19/h2-10,20H,11H2,1H3/b16-10+. The summed E-state index contributed by atoms with van der Waals surface area (Å²) in [5, 5.41) is 3.74. The van der Waals surface area contributed by atoms with Gasteiger partial charge < -0.3 is 10.1 Å². The normalized spacial score (nSPS) is 15.8. The van der Waals surface area contributed by atoms with Crippen molar-refractivity contribution in [2.24, 2.45) is 0 Å². The maximum Gasteiger partial charge on any atom is 0.267 e. The molecule has 3 rings (SSSR count). The van der Waals surface area contributed by atoms with Gasteiger partial charge in [0.05, 0.1) is 29.4 Å². The summed E-state index contributed by atoms with van der Waals surface area (Å²) in [5.41, 5.74) is 1.59. The fourth-order valence-corrected chi connectivity index (χ4v) is 3.78. The zero-order valence-electron chi connectivity index (χ0n) is 13.4. The first kappa shape index (κ1) is 17.8. The molecule has 7 heteroatoms. The highest BCUT2D eigenvalue weighted by Gasteiger charge is 2.32. The third-order valence-corrected chi connectivity index (χ3v) is 5.31. The monoisotopic (exact) mass is 390 g/mol. The van der Waals surface area contributed by atoms with Gasteiger partial charge in [-0.3, -0.25) is 9.69 Å². The van der Waals surface area contributed by atoms with Crippen LogP contribution in [0, 0.1) is 0 Å². The lowest BCUT2D eigenvalue weighted by Crippen LogP contribution is -2.33. The van der Waals surface area contributed by atoms with Crippen LogP contribution in [-0.2, 0) is 4.79 Å². The van der Waals surface area contributed by atoms with Crippen LogP contribution in [0.5, 0.6) is 5.75 Å². The lowest BCUT2D eigenvalue weighted by Gasteiger charge is -2.16. The van der Waals surface area contributed by atoms with E-state index in [0.717, 1.165) is 11.3 Å². The quantitative estimate of drug-likeness (QED) is 0.596. The number of thioether (sulfide) groups is 1. The number of nitrogens with one attached hydrogen (secondary N) is 1. The number of para-hydroxylation sites is 2. The number of methoxy groups -OCH3 is 1. The third-order valence-electron chi connectivity index (χ3n) is 3.60. The van der Waals surface area contributed by atoms with Gasteiger partial charge in [0.1, 0.15) is 10.1 Å². The van der Waals surface area contributed by atoms with Crippen LogP contribution in [0.15, 0.2) is 53.4 Å². The van der Waals surface area contributed by atoms with Crippen LogP contribution in [0.4, 0.5) is 5.69 Å². The van der Waals surface area contributed by atoms with Gasteiger partial charge in [-0.15, -0.1) is 0 Å². The molecule has 4 nitrogen and oxygen atoms in total. The van der Waals surface area contributed by atoms with Crippen molar-refractivity contribution in [2.45, 2.75) is 0 Å². The molecule has 1 fully saturated rings. The van der Waals surface area contributed by atoms with Crippen molar-refractivity contribution < 1.29 is 9.53 Å². The Bertz CT molecular complexity index is 854. The van der Waals surface area contributed by atoms with E-state index in [2.05, 4.69) is 5.32 Å². The largest absolute Gasteiger partial charge is 0.496 e. The van der Waals surface area contributed by atoms with Crippen LogP contribution in [0.25, 0.3) is 6.08 Å². The smallest absolute Gasteiger partial charge is 0.267 e. The molecule has 2 aromatic rings. The molecule has 1 aliphatic rings. The number of ether oxygens (including phenoxy) is 1. The number of benzene rings is 2. The number of rotatable bonds is 5. The molecule has 1 saturated heterocycles. The van der Waals surface area contributed by atoms with E-state index in [1.54, 1.807) is 19.3 Å². The van der Waals surface area contributed by atoms with Crippen LogP contribution in [0.1, 0.15) is 5.56 Å². The van der Waals surface area contributed by atoms with Crippen molar-refractivity contribution in [3.05, 3.63) is 64.0 Å². The van der Waals surface area contributed by atoms with Crippen molar-refractivity contribution in [1.29, 1.82) is 0 Å². The summed E-state index contributed by atoms with van der Waals surface area (Å²) in [5.74, 6) is 0.572. The molecule has 1 amide bonds. The molecule has 1 N–H and O–H groups in total. The maximum atomic E-state index is 12.7. The molecule has 0 aliphatic carbocycles. The Kier molecular flexibility index (Phi) is 5.63. The van der Waals surface area contributed by atoms with E-state index >= 15 is 0 Å². The Hall–Kier alpha value is -2.02. The average Bonchev–Trinajstić information content (AvgIpc) is 2.88. The Morgan fingerprint density at radius 1 is 1.24 bits per heavy atom. The number of halogens is 1. The summed E-state index contributed by atoms with van der Waals surface area (Å²) in [6.07, 6.45) is 1.80. The average molecular weight is 391 g/mol. The second kappa shape index (κ2) is 7.91. The predicted octanol–water partition coefficient (Wildman–Crippen LogP) is 4.62. The molecule has 0 aromatic heterocycles. The molecule has 1 heterocycles. The Morgan fingerprint density at radius 2 is 1.96 bits per heavy atom. The first-order chi connectivity index (χ1) is 12.1. The van der Waals surface area contributed by atoms with Gasteiger partial charge in [-0.2, -0.15) is 0 Å². The topological polar surface area (TPSA) is 41.6 Å². The van der Waals surface area contributed by atoms with Crippen LogP contribution in [0.3, 0.4) is 0 Å². The van der Waals surface area contributed by atoms with Gasteiger partial charge in [-0.25, -0.2) is 0 Å². The van der Waals surface area contributed by atoms with E-state index in [-0.39, 0.29) is 12.6 Å². The van der Waals surface area contributed by atoms with E-state index < -0.39 is 0 Å². The van der Waals surface area contributed by atoms with Gasteiger partial charge in [0.15, 0.2) is 0 Å². The summed E-state index contributed by atoms with van der Waals surface area (Å²) >= 11 is 12.7. The van der Waals surface area contributed by atoms with Crippen molar-refractivity contribution in [3.8, 4) is 5.75 Å². The highest BCUT2D eigenvalue weighted by atomic mass is 35.5. The number of carbonyl (C=O) groups excluding carboxylic acids is 1. The zero-order chi connectivity index (χ0) is 17.8. The molecular weight excluding hydrogens is 376 g/mol. The van der Waals surface area contributed by atoms with Crippen molar-refractivity contribution in [2.75, 3.05) is 19.1 Å². The maximum absolute atomic E-state index is 12.7. The Labute approximate surface area is 160 Å². The third kappa shape index (κ3) is 3.98. The fraction of sp³-hybridized carbons (Fsp3) is 0.111. The van der Waals surface area contributed by atoms with Crippen LogP contribution < -0.4 is 10.1 Å².